The van der Waals surface area contributed by atoms with Gasteiger partial charge in [0.15, 0.2) is 0 Å². The molecule has 0 aromatic carbocycles. The Balaban J connectivity index is 1.32. The SMILES string of the molecule is N#Cc1cc(-c2cnnc(OS(=O)(=O)C(F)(F)F)c2)c(C2CC2)nc1N1CCN(C(=O)C2CC2)[C@H](C2CC2)C1. The van der Waals surface area contributed by atoms with Crippen LogP contribution in [0.1, 0.15) is 55.7 Å². The van der Waals surface area contributed by atoms with Crippen LogP contribution in [0.4, 0.5) is 19.0 Å². The Morgan fingerprint density at radius 3 is 2.46 bits per heavy atom. The van der Waals surface area contributed by atoms with Crippen LogP contribution < -0.4 is 9.08 Å². The first-order valence-corrected chi connectivity index (χ1v) is 14.3. The number of anilines is 1. The number of carbonyl (C=O) groups is 1. The molecule has 0 bridgehead atoms. The Morgan fingerprint density at radius 2 is 1.85 bits per heavy atom. The molecule has 1 atom stereocenters. The first-order valence-electron chi connectivity index (χ1n) is 12.9. The zero-order chi connectivity index (χ0) is 27.5. The molecule has 10 nitrogen and oxygen atoms in total. The first-order chi connectivity index (χ1) is 18.6. The number of nitriles is 1. The summed E-state index contributed by atoms with van der Waals surface area (Å²) in [6.07, 6.45) is 7.00. The van der Waals surface area contributed by atoms with E-state index in [9.17, 15) is 31.6 Å². The standard InChI is InChI=1S/C25H25F3N6O4S/c26-25(27,28)39(36,37)38-21-10-18(12-30-32-21)19-9-17(11-29)23(31-22(19)15-3-4-15)33-7-8-34(24(35)16-5-6-16)20(13-33)14-1-2-14/h9-10,12,14-16,20H,1-8,13H2/t20-/m0/s1. The van der Waals surface area contributed by atoms with Gasteiger partial charge < -0.3 is 14.0 Å². The van der Waals surface area contributed by atoms with E-state index in [-0.39, 0.29) is 34.9 Å². The Kier molecular flexibility index (Phi) is 6.16. The lowest BCUT2D eigenvalue weighted by Crippen LogP contribution is -2.57. The maximum absolute atomic E-state index is 12.9. The van der Waals surface area contributed by atoms with Crippen molar-refractivity contribution in [1.29, 1.82) is 5.26 Å². The minimum absolute atomic E-state index is 0.0731. The van der Waals surface area contributed by atoms with E-state index < -0.39 is 21.5 Å². The van der Waals surface area contributed by atoms with Gasteiger partial charge >= 0.3 is 15.6 Å². The second kappa shape index (κ2) is 9.32. The zero-order valence-corrected chi connectivity index (χ0v) is 21.6. The maximum atomic E-state index is 12.9. The lowest BCUT2D eigenvalue weighted by molar-refractivity contribution is -0.135. The van der Waals surface area contributed by atoms with Gasteiger partial charge in [0.1, 0.15) is 11.9 Å². The summed E-state index contributed by atoms with van der Waals surface area (Å²) in [7, 11) is -5.92. The number of aromatic nitrogens is 3. The largest absolute Gasteiger partial charge is 0.534 e. The Labute approximate surface area is 222 Å². The lowest BCUT2D eigenvalue weighted by Gasteiger charge is -2.43. The molecular weight excluding hydrogens is 537 g/mol. The molecule has 2 aromatic heterocycles. The molecule has 0 N–H and O–H groups in total. The van der Waals surface area contributed by atoms with Crippen LogP contribution in [0.3, 0.4) is 0 Å². The van der Waals surface area contributed by atoms with Gasteiger partial charge in [-0.3, -0.25) is 4.79 Å². The number of nitrogens with zero attached hydrogens (tertiary/aromatic N) is 6. The number of amides is 1. The highest BCUT2D eigenvalue weighted by atomic mass is 32.2. The van der Waals surface area contributed by atoms with Gasteiger partial charge in [-0.25, -0.2) is 4.98 Å². The molecule has 3 aliphatic carbocycles. The van der Waals surface area contributed by atoms with E-state index >= 15 is 0 Å². The predicted molar refractivity (Wildman–Crippen MR) is 131 cm³/mol. The molecule has 39 heavy (non-hydrogen) atoms. The van der Waals surface area contributed by atoms with Gasteiger partial charge in [-0.1, -0.05) is 0 Å². The minimum atomic E-state index is -5.92. The quantitative estimate of drug-likeness (QED) is 0.368. The summed E-state index contributed by atoms with van der Waals surface area (Å²) >= 11 is 0. The highest BCUT2D eigenvalue weighted by molar-refractivity contribution is 7.87. The number of halogens is 3. The summed E-state index contributed by atoms with van der Waals surface area (Å²) in [6, 6.07) is 4.92. The molecule has 4 aliphatic rings. The molecule has 1 aliphatic heterocycles. The fourth-order valence-corrected chi connectivity index (χ4v) is 5.56. The molecule has 14 heteroatoms. The van der Waals surface area contributed by atoms with E-state index in [4.69, 9.17) is 4.98 Å². The van der Waals surface area contributed by atoms with Crippen molar-refractivity contribution in [3.8, 4) is 23.1 Å². The van der Waals surface area contributed by atoms with Crippen molar-refractivity contribution < 1.29 is 30.6 Å². The summed E-state index contributed by atoms with van der Waals surface area (Å²) in [5.41, 5.74) is -3.99. The monoisotopic (exact) mass is 562 g/mol. The number of alkyl halides is 3. The summed E-state index contributed by atoms with van der Waals surface area (Å²) in [6.45, 7) is 1.68. The van der Waals surface area contributed by atoms with E-state index in [0.717, 1.165) is 44.6 Å². The highest BCUT2D eigenvalue weighted by Crippen LogP contribution is 2.46. The number of hydrogen-bond donors (Lipinski definition) is 0. The second-order valence-electron chi connectivity index (χ2n) is 10.6. The molecule has 2 aromatic rings. The zero-order valence-electron chi connectivity index (χ0n) is 20.8. The third-order valence-corrected chi connectivity index (χ3v) is 8.59. The average Bonchev–Trinajstić information content (AvgIpc) is 3.77. The normalized spacial score (nSPS) is 21.9. The molecule has 6 rings (SSSR count). The Morgan fingerprint density at radius 1 is 1.10 bits per heavy atom. The van der Waals surface area contributed by atoms with Gasteiger partial charge in [0.25, 0.3) is 5.88 Å². The van der Waals surface area contributed by atoms with Crippen LogP contribution in [0, 0.1) is 23.2 Å². The smallest absolute Gasteiger partial charge is 0.354 e. The molecule has 3 heterocycles. The van der Waals surface area contributed by atoms with Crippen LogP contribution in [0.25, 0.3) is 11.1 Å². The summed E-state index contributed by atoms with van der Waals surface area (Å²) in [4.78, 5) is 21.9. The number of carbonyl (C=O) groups excluding carboxylic acids is 1. The molecular formula is C25H25F3N6O4S. The molecule has 4 fully saturated rings. The summed E-state index contributed by atoms with van der Waals surface area (Å²) in [5.74, 6) is 0.575. The van der Waals surface area contributed by atoms with E-state index in [1.165, 1.54) is 6.20 Å². The van der Waals surface area contributed by atoms with Crippen LogP contribution >= 0.6 is 0 Å². The van der Waals surface area contributed by atoms with Crippen molar-refractivity contribution in [3.63, 3.8) is 0 Å². The van der Waals surface area contributed by atoms with E-state index in [1.54, 1.807) is 6.07 Å². The second-order valence-corrected chi connectivity index (χ2v) is 12.1. The van der Waals surface area contributed by atoms with Crippen LogP contribution in [0.5, 0.6) is 5.88 Å². The van der Waals surface area contributed by atoms with Crippen LogP contribution in [0.15, 0.2) is 18.3 Å². The van der Waals surface area contributed by atoms with E-state index in [0.29, 0.717) is 42.6 Å². The van der Waals surface area contributed by atoms with Gasteiger partial charge in [-0.15, -0.1) is 5.10 Å². The van der Waals surface area contributed by atoms with Crippen molar-refractivity contribution in [1.82, 2.24) is 20.1 Å². The van der Waals surface area contributed by atoms with E-state index in [2.05, 4.69) is 25.3 Å². The molecule has 1 amide bonds. The van der Waals surface area contributed by atoms with Gasteiger partial charge in [-0.05, 0) is 50.5 Å². The lowest BCUT2D eigenvalue weighted by atomic mass is 10.00. The average molecular weight is 563 g/mol. The van der Waals surface area contributed by atoms with Gasteiger partial charge in [0, 0.05) is 48.7 Å². The Bertz CT molecular complexity index is 1470. The minimum Gasteiger partial charge on any atom is -0.354 e. The number of pyridine rings is 1. The van der Waals surface area contributed by atoms with Crippen molar-refractivity contribution >= 4 is 21.8 Å². The Hall–Kier alpha value is -3.47. The van der Waals surface area contributed by atoms with Crippen LogP contribution in [0.2, 0.25) is 0 Å². The van der Waals surface area contributed by atoms with Gasteiger partial charge in [-0.2, -0.15) is 31.9 Å². The van der Waals surface area contributed by atoms with Crippen molar-refractivity contribution in [2.24, 2.45) is 11.8 Å². The van der Waals surface area contributed by atoms with Crippen LogP contribution in [-0.4, -0.2) is 65.6 Å². The fourth-order valence-electron chi connectivity index (χ4n) is 5.16. The van der Waals surface area contributed by atoms with Crippen molar-refractivity contribution in [2.75, 3.05) is 24.5 Å². The van der Waals surface area contributed by atoms with E-state index in [1.807, 2.05) is 4.90 Å². The molecule has 0 spiro atoms. The van der Waals surface area contributed by atoms with Crippen molar-refractivity contribution in [3.05, 3.63) is 29.6 Å². The highest BCUT2D eigenvalue weighted by Gasteiger charge is 2.49. The molecule has 0 unspecified atom stereocenters. The fraction of sp³-hybridized carbons (Fsp3) is 0.560. The molecule has 206 valence electrons. The third kappa shape index (κ3) is 5.11. The summed E-state index contributed by atoms with van der Waals surface area (Å²) < 4.78 is 65.5. The number of piperazine rings is 1. The summed E-state index contributed by atoms with van der Waals surface area (Å²) in [5, 5.41) is 17.0. The number of hydrogen-bond acceptors (Lipinski definition) is 9. The topological polar surface area (TPSA) is 129 Å². The molecule has 1 saturated heterocycles. The molecule has 0 radical (unpaired) electrons. The maximum Gasteiger partial charge on any atom is 0.534 e. The predicted octanol–water partition coefficient (Wildman–Crippen LogP) is 3.35. The first kappa shape index (κ1) is 25.8. The van der Waals surface area contributed by atoms with Crippen LogP contribution in [-0.2, 0) is 14.9 Å². The number of rotatable bonds is 7. The third-order valence-electron chi connectivity index (χ3n) is 7.63. The van der Waals surface area contributed by atoms with Gasteiger partial charge in [0.2, 0.25) is 5.91 Å². The molecule has 3 saturated carbocycles. The van der Waals surface area contributed by atoms with Crippen molar-refractivity contribution in [2.45, 2.75) is 56.0 Å². The van der Waals surface area contributed by atoms with Gasteiger partial charge in [0.05, 0.1) is 23.5 Å².